The molecule has 0 heterocycles. The molecule has 0 bridgehead atoms. The molecular formula is C16H23FN2. The van der Waals surface area contributed by atoms with Gasteiger partial charge in [-0.1, -0.05) is 26.7 Å². The molecule has 3 heteroatoms. The van der Waals surface area contributed by atoms with Crippen molar-refractivity contribution in [2.24, 2.45) is 0 Å². The van der Waals surface area contributed by atoms with Crippen molar-refractivity contribution in [2.75, 3.05) is 13.1 Å². The second kappa shape index (κ2) is 8.66. The van der Waals surface area contributed by atoms with E-state index in [9.17, 15) is 4.39 Å². The number of halogens is 1. The van der Waals surface area contributed by atoms with Gasteiger partial charge < -0.3 is 0 Å². The Bertz CT molecular complexity index is 415. The molecule has 104 valence electrons. The van der Waals surface area contributed by atoms with Crippen LogP contribution in [-0.2, 0) is 6.54 Å². The van der Waals surface area contributed by atoms with Crippen LogP contribution in [0, 0.1) is 17.1 Å². The van der Waals surface area contributed by atoms with Crippen LogP contribution in [0.1, 0.15) is 50.7 Å². The molecule has 0 spiro atoms. The van der Waals surface area contributed by atoms with Crippen LogP contribution in [0.25, 0.3) is 0 Å². The fourth-order valence-corrected chi connectivity index (χ4v) is 2.10. The Hall–Kier alpha value is -1.40. The van der Waals surface area contributed by atoms with Crippen molar-refractivity contribution in [3.05, 3.63) is 35.1 Å². The van der Waals surface area contributed by atoms with Gasteiger partial charge in [0.2, 0.25) is 0 Å². The van der Waals surface area contributed by atoms with Gasteiger partial charge in [-0.2, -0.15) is 5.26 Å². The molecule has 1 aromatic carbocycles. The normalized spacial score (nSPS) is 10.7. The first-order chi connectivity index (χ1) is 9.19. The van der Waals surface area contributed by atoms with Gasteiger partial charge in [-0.15, -0.1) is 0 Å². The van der Waals surface area contributed by atoms with E-state index < -0.39 is 0 Å². The van der Waals surface area contributed by atoms with Crippen molar-refractivity contribution < 1.29 is 4.39 Å². The van der Waals surface area contributed by atoms with E-state index in [1.807, 2.05) is 6.07 Å². The van der Waals surface area contributed by atoms with Crippen molar-refractivity contribution in [1.82, 2.24) is 4.90 Å². The number of nitrogens with zero attached hydrogens (tertiary/aromatic N) is 2. The third-order valence-corrected chi connectivity index (χ3v) is 3.15. The maximum absolute atomic E-state index is 13.4. The second-order valence-corrected chi connectivity index (χ2v) is 4.94. The molecule has 0 aliphatic heterocycles. The summed E-state index contributed by atoms with van der Waals surface area (Å²) in [5, 5.41) is 8.87. The predicted molar refractivity (Wildman–Crippen MR) is 76.2 cm³/mol. The largest absolute Gasteiger partial charge is 0.299 e. The predicted octanol–water partition coefficient (Wildman–Crippen LogP) is 4.10. The van der Waals surface area contributed by atoms with E-state index in [0.717, 1.165) is 50.9 Å². The lowest BCUT2D eigenvalue weighted by Gasteiger charge is -2.22. The van der Waals surface area contributed by atoms with E-state index in [0.29, 0.717) is 5.56 Å². The number of hydrogen-bond acceptors (Lipinski definition) is 2. The lowest BCUT2D eigenvalue weighted by Crippen LogP contribution is -2.25. The third-order valence-electron chi connectivity index (χ3n) is 3.15. The summed E-state index contributed by atoms with van der Waals surface area (Å²) in [6.07, 6.45) is 4.64. The molecule has 0 N–H and O–H groups in total. The zero-order valence-corrected chi connectivity index (χ0v) is 12.0. The highest BCUT2D eigenvalue weighted by molar-refractivity contribution is 5.33. The molecule has 19 heavy (non-hydrogen) atoms. The molecule has 0 fully saturated rings. The Kier molecular flexibility index (Phi) is 7.14. The Morgan fingerprint density at radius 3 is 2.26 bits per heavy atom. The number of hydrogen-bond donors (Lipinski definition) is 0. The third kappa shape index (κ3) is 5.85. The number of rotatable bonds is 8. The average molecular weight is 262 g/mol. The first-order valence-corrected chi connectivity index (χ1v) is 7.11. The topological polar surface area (TPSA) is 27.0 Å². The first-order valence-electron chi connectivity index (χ1n) is 7.11. The van der Waals surface area contributed by atoms with Crippen LogP contribution in [0.3, 0.4) is 0 Å². The van der Waals surface area contributed by atoms with E-state index >= 15 is 0 Å². The van der Waals surface area contributed by atoms with E-state index in [4.69, 9.17) is 5.26 Å². The van der Waals surface area contributed by atoms with E-state index in [2.05, 4.69) is 18.7 Å². The summed E-state index contributed by atoms with van der Waals surface area (Å²) in [6.45, 7) is 7.15. The molecule has 2 nitrogen and oxygen atoms in total. The summed E-state index contributed by atoms with van der Waals surface area (Å²) in [4.78, 5) is 2.35. The van der Waals surface area contributed by atoms with Crippen molar-refractivity contribution in [1.29, 1.82) is 5.26 Å². The van der Waals surface area contributed by atoms with Gasteiger partial charge in [-0.25, -0.2) is 4.39 Å². The van der Waals surface area contributed by atoms with Crippen molar-refractivity contribution >= 4 is 0 Å². The van der Waals surface area contributed by atoms with Gasteiger partial charge in [-0.05, 0) is 49.7 Å². The van der Waals surface area contributed by atoms with Crippen molar-refractivity contribution in [2.45, 2.75) is 46.1 Å². The van der Waals surface area contributed by atoms with Gasteiger partial charge in [0.25, 0.3) is 0 Å². The van der Waals surface area contributed by atoms with Crippen molar-refractivity contribution in [3.63, 3.8) is 0 Å². The zero-order valence-electron chi connectivity index (χ0n) is 12.0. The highest BCUT2D eigenvalue weighted by Crippen LogP contribution is 2.12. The molecule has 0 aliphatic rings. The standard InChI is InChI=1S/C16H23FN2/c1-3-5-7-19(8-6-4-2)13-15-9-14(12-18)10-16(17)11-15/h9-11H,3-8,13H2,1-2H3. The smallest absolute Gasteiger partial charge is 0.124 e. The maximum Gasteiger partial charge on any atom is 0.124 e. The number of unbranched alkanes of at least 4 members (excludes halogenated alkanes) is 2. The SMILES string of the molecule is CCCCN(CCCC)Cc1cc(F)cc(C#N)c1. The summed E-state index contributed by atoms with van der Waals surface area (Å²) in [6, 6.07) is 6.61. The maximum atomic E-state index is 13.4. The van der Waals surface area contributed by atoms with Crippen LogP contribution in [0.15, 0.2) is 18.2 Å². The van der Waals surface area contributed by atoms with Crippen molar-refractivity contribution in [3.8, 4) is 6.07 Å². The minimum absolute atomic E-state index is 0.319. The fraction of sp³-hybridized carbons (Fsp3) is 0.562. The zero-order chi connectivity index (χ0) is 14.1. The molecule has 0 amide bonds. The monoisotopic (exact) mass is 262 g/mol. The first kappa shape index (κ1) is 15.7. The van der Waals surface area contributed by atoms with E-state index in [1.165, 1.54) is 12.1 Å². The molecule has 0 aromatic heterocycles. The van der Waals surface area contributed by atoms with Gasteiger partial charge in [-0.3, -0.25) is 4.90 Å². The molecule has 0 aliphatic carbocycles. The Morgan fingerprint density at radius 2 is 1.74 bits per heavy atom. The van der Waals surface area contributed by atoms with Gasteiger partial charge in [0.05, 0.1) is 11.6 Å². The Balaban J connectivity index is 2.71. The van der Waals surface area contributed by atoms with Gasteiger partial charge in [0, 0.05) is 6.54 Å². The quantitative estimate of drug-likeness (QED) is 0.705. The summed E-state index contributed by atoms with van der Waals surface area (Å²) in [5.74, 6) is -0.319. The summed E-state index contributed by atoms with van der Waals surface area (Å²) >= 11 is 0. The molecule has 0 saturated heterocycles. The molecule has 0 unspecified atom stereocenters. The van der Waals surface area contributed by atoms with Gasteiger partial charge >= 0.3 is 0 Å². The lowest BCUT2D eigenvalue weighted by molar-refractivity contribution is 0.257. The number of benzene rings is 1. The van der Waals surface area contributed by atoms with Crippen LogP contribution in [-0.4, -0.2) is 18.0 Å². The van der Waals surface area contributed by atoms with E-state index in [-0.39, 0.29) is 5.82 Å². The van der Waals surface area contributed by atoms with E-state index in [1.54, 1.807) is 6.07 Å². The van der Waals surface area contributed by atoms with Crippen LogP contribution in [0.4, 0.5) is 4.39 Å². The van der Waals surface area contributed by atoms with Crippen LogP contribution >= 0.6 is 0 Å². The van der Waals surface area contributed by atoms with Gasteiger partial charge in [0.15, 0.2) is 0 Å². The number of nitriles is 1. The summed E-state index contributed by atoms with van der Waals surface area (Å²) in [5.41, 5.74) is 1.30. The minimum Gasteiger partial charge on any atom is -0.299 e. The Morgan fingerprint density at radius 1 is 1.11 bits per heavy atom. The molecule has 0 atom stereocenters. The summed E-state index contributed by atoms with van der Waals surface area (Å²) in [7, 11) is 0. The molecule has 1 rings (SSSR count). The van der Waals surface area contributed by atoms with Crippen LogP contribution in [0.2, 0.25) is 0 Å². The van der Waals surface area contributed by atoms with Crippen LogP contribution < -0.4 is 0 Å². The van der Waals surface area contributed by atoms with Gasteiger partial charge in [0.1, 0.15) is 5.82 Å². The highest BCUT2D eigenvalue weighted by atomic mass is 19.1. The molecular weight excluding hydrogens is 239 g/mol. The molecule has 0 saturated carbocycles. The highest BCUT2D eigenvalue weighted by Gasteiger charge is 2.07. The van der Waals surface area contributed by atoms with Crippen LogP contribution in [0.5, 0.6) is 0 Å². The second-order valence-electron chi connectivity index (χ2n) is 4.94. The lowest BCUT2D eigenvalue weighted by atomic mass is 10.1. The minimum atomic E-state index is -0.319. The fourth-order valence-electron chi connectivity index (χ4n) is 2.10. The Labute approximate surface area is 115 Å². The molecule has 1 aromatic rings. The summed E-state index contributed by atoms with van der Waals surface area (Å²) < 4.78 is 13.4. The molecule has 0 radical (unpaired) electrons. The average Bonchev–Trinajstić information content (AvgIpc) is 2.41.